The molecule has 1 fully saturated rings. The summed E-state index contributed by atoms with van der Waals surface area (Å²) in [6.07, 6.45) is 8.00. The molecule has 1 atom stereocenters. The molecule has 1 unspecified atom stereocenters. The molecule has 0 bridgehead atoms. The van der Waals surface area contributed by atoms with E-state index in [2.05, 4.69) is 39.2 Å². The summed E-state index contributed by atoms with van der Waals surface area (Å²) in [5.41, 5.74) is 5.25. The first-order valence-corrected chi connectivity index (χ1v) is 15.2. The number of aliphatic hydroxyl groups excluding tert-OH is 1. The second-order valence-electron chi connectivity index (χ2n) is 8.04. The molecule has 1 aliphatic rings. The van der Waals surface area contributed by atoms with Crippen molar-refractivity contribution in [2.24, 2.45) is 5.92 Å². The molecule has 8 nitrogen and oxygen atoms in total. The maximum Gasteiger partial charge on any atom is 0.185 e. The van der Waals surface area contributed by atoms with Crippen molar-refractivity contribution in [2.45, 2.75) is 101 Å². The molecule has 4 aromatic heterocycles. The molecule has 39 heavy (non-hydrogen) atoms. The summed E-state index contributed by atoms with van der Waals surface area (Å²) in [5, 5.41) is 18.3. The van der Waals surface area contributed by atoms with Gasteiger partial charge in [0, 0.05) is 30.3 Å². The zero-order valence-corrected chi connectivity index (χ0v) is 26.7. The van der Waals surface area contributed by atoms with Crippen molar-refractivity contribution in [3.63, 3.8) is 0 Å². The Morgan fingerprint density at radius 1 is 1.08 bits per heavy atom. The van der Waals surface area contributed by atoms with Gasteiger partial charge in [-0.15, -0.1) is 0 Å². The Kier molecular flexibility index (Phi) is 18.6. The van der Waals surface area contributed by atoms with Gasteiger partial charge >= 0.3 is 0 Å². The molecule has 4 aromatic rings. The molecule has 218 valence electrons. The summed E-state index contributed by atoms with van der Waals surface area (Å²) in [4.78, 5) is 24.0. The number of thiazole rings is 1. The fraction of sp³-hybridized carbons (Fsp3) is 0.567. The van der Waals surface area contributed by atoms with Crippen molar-refractivity contribution in [1.82, 2.24) is 24.6 Å². The molecule has 0 saturated heterocycles. The molecule has 4 heterocycles. The highest BCUT2D eigenvalue weighted by atomic mass is 32.1. The Morgan fingerprint density at radius 3 is 2.15 bits per heavy atom. The minimum Gasteiger partial charge on any atom is -0.387 e. The lowest BCUT2D eigenvalue weighted by atomic mass is 10.0. The molecule has 1 saturated carbocycles. The summed E-state index contributed by atoms with van der Waals surface area (Å²) in [6, 6.07) is 3.96. The number of aldehydes is 1. The fourth-order valence-electron chi connectivity index (χ4n) is 3.13. The third-order valence-electron chi connectivity index (χ3n) is 5.08. The van der Waals surface area contributed by atoms with Crippen LogP contribution in [0.2, 0.25) is 0 Å². The predicted molar refractivity (Wildman–Crippen MR) is 168 cm³/mol. The van der Waals surface area contributed by atoms with Gasteiger partial charge in [-0.25, -0.2) is 14.5 Å². The van der Waals surface area contributed by atoms with Crippen LogP contribution in [0.1, 0.15) is 105 Å². The van der Waals surface area contributed by atoms with Gasteiger partial charge in [0.05, 0.1) is 11.8 Å². The number of hydrogen-bond donors (Lipinski definition) is 2. The summed E-state index contributed by atoms with van der Waals surface area (Å²) < 4.78 is 1.82. The van der Waals surface area contributed by atoms with Gasteiger partial charge in [0.1, 0.15) is 23.0 Å². The molecule has 0 radical (unpaired) electrons. The van der Waals surface area contributed by atoms with Crippen molar-refractivity contribution in [3.05, 3.63) is 35.9 Å². The van der Waals surface area contributed by atoms with E-state index in [4.69, 9.17) is 0 Å². The lowest BCUT2D eigenvalue weighted by Crippen LogP contribution is -2.01. The Labute approximate surface area is 239 Å². The second kappa shape index (κ2) is 20.1. The van der Waals surface area contributed by atoms with E-state index in [-0.39, 0.29) is 0 Å². The van der Waals surface area contributed by atoms with Crippen molar-refractivity contribution in [2.75, 3.05) is 12.4 Å². The van der Waals surface area contributed by atoms with Crippen LogP contribution in [0.25, 0.3) is 27.1 Å². The lowest BCUT2D eigenvalue weighted by molar-refractivity contribution is -0.108. The number of aryl methyl sites for hydroxylation is 1. The smallest absolute Gasteiger partial charge is 0.185 e. The van der Waals surface area contributed by atoms with Crippen molar-refractivity contribution in [1.29, 1.82) is 0 Å². The van der Waals surface area contributed by atoms with E-state index in [1.807, 2.05) is 79.1 Å². The highest BCUT2D eigenvalue weighted by Crippen LogP contribution is 2.34. The molecule has 2 N–H and O–H groups in total. The van der Waals surface area contributed by atoms with Gasteiger partial charge in [0.2, 0.25) is 0 Å². The van der Waals surface area contributed by atoms with E-state index < -0.39 is 6.10 Å². The fourth-order valence-corrected chi connectivity index (χ4v) is 3.99. The number of rotatable bonds is 5. The van der Waals surface area contributed by atoms with Gasteiger partial charge in [0.15, 0.2) is 10.8 Å². The van der Waals surface area contributed by atoms with Gasteiger partial charge in [-0.1, -0.05) is 80.1 Å². The van der Waals surface area contributed by atoms with Gasteiger partial charge in [-0.3, -0.25) is 4.98 Å². The monoisotopic (exact) mass is 558 g/mol. The molecule has 0 spiro atoms. The normalized spacial score (nSPS) is 12.0. The zero-order chi connectivity index (χ0) is 30.0. The third kappa shape index (κ3) is 10.3. The van der Waals surface area contributed by atoms with E-state index in [1.165, 1.54) is 17.8 Å². The SMILES string of the molecule is CC.CC.CC.CCC.CCC(O)c1cc(C)c(-c2cc3nc(NC)sc3n3ncnc23)cn1.O=CC1CC1. The molecule has 0 aromatic carbocycles. The first kappa shape index (κ1) is 36.1. The lowest BCUT2D eigenvalue weighted by Gasteiger charge is -2.12. The van der Waals surface area contributed by atoms with Gasteiger partial charge in [-0.05, 0) is 43.9 Å². The van der Waals surface area contributed by atoms with Crippen LogP contribution in [0, 0.1) is 12.8 Å². The van der Waals surface area contributed by atoms with Crippen molar-refractivity contribution in [3.8, 4) is 11.1 Å². The Bertz CT molecular complexity index is 1220. The number of carbonyl (C=O) groups excluding carboxylic acids is 1. The van der Waals surface area contributed by atoms with Crippen LogP contribution in [-0.4, -0.2) is 43.0 Å². The number of anilines is 1. The Hall–Kier alpha value is -2.91. The average molecular weight is 559 g/mol. The second-order valence-corrected chi connectivity index (χ2v) is 9.02. The van der Waals surface area contributed by atoms with Crippen LogP contribution in [0.4, 0.5) is 5.13 Å². The largest absolute Gasteiger partial charge is 0.387 e. The van der Waals surface area contributed by atoms with E-state index in [0.717, 1.165) is 56.9 Å². The minimum absolute atomic E-state index is 0.454. The van der Waals surface area contributed by atoms with Crippen LogP contribution >= 0.6 is 11.3 Å². The Morgan fingerprint density at radius 2 is 1.69 bits per heavy atom. The number of nitrogens with zero attached hydrogens (tertiary/aromatic N) is 5. The summed E-state index contributed by atoms with van der Waals surface area (Å²) in [7, 11) is 1.85. The summed E-state index contributed by atoms with van der Waals surface area (Å²) in [6.45, 7) is 20.2. The number of fused-ring (bicyclic) bond motifs is 3. The first-order valence-electron chi connectivity index (χ1n) is 14.4. The quantitative estimate of drug-likeness (QED) is 0.237. The number of pyridine rings is 2. The van der Waals surface area contributed by atoms with Crippen LogP contribution in [0.3, 0.4) is 0 Å². The summed E-state index contributed by atoms with van der Waals surface area (Å²) in [5.74, 6) is 0.454. The molecular formula is C30H50N6O2S. The third-order valence-corrected chi connectivity index (χ3v) is 6.14. The number of hydrogen-bond acceptors (Lipinski definition) is 8. The van der Waals surface area contributed by atoms with Gasteiger partial charge in [-0.2, -0.15) is 5.10 Å². The maximum absolute atomic E-state index is 10.0. The van der Waals surface area contributed by atoms with Gasteiger partial charge < -0.3 is 15.2 Å². The minimum atomic E-state index is -0.542. The zero-order valence-electron chi connectivity index (χ0n) is 25.9. The molecular weight excluding hydrogens is 508 g/mol. The summed E-state index contributed by atoms with van der Waals surface area (Å²) >= 11 is 1.54. The van der Waals surface area contributed by atoms with Crippen LogP contribution in [-0.2, 0) is 4.79 Å². The molecule has 1 aliphatic carbocycles. The average Bonchev–Trinajstić information content (AvgIpc) is 3.54. The number of carbonyl (C=O) groups is 1. The van der Waals surface area contributed by atoms with E-state index in [9.17, 15) is 9.90 Å². The predicted octanol–water partition coefficient (Wildman–Crippen LogP) is 8.28. The van der Waals surface area contributed by atoms with Crippen LogP contribution in [0.5, 0.6) is 0 Å². The van der Waals surface area contributed by atoms with Crippen molar-refractivity contribution < 1.29 is 9.90 Å². The molecule has 9 heteroatoms. The van der Waals surface area contributed by atoms with E-state index in [0.29, 0.717) is 18.0 Å². The molecule has 0 amide bonds. The van der Waals surface area contributed by atoms with Crippen LogP contribution < -0.4 is 5.32 Å². The van der Waals surface area contributed by atoms with Crippen molar-refractivity contribution >= 4 is 38.7 Å². The standard InChI is InChI=1S/C17H18N6OS.C4H6O.C3H8.3C2H6/c1-4-14(24)12-5-9(2)11(7-19-12)10-6-13-16(25-17(18-3)22-13)23-15(10)20-8-21-23;5-3-4-1-2-4;1-3-2;3*1-2/h5-8,14,24H,4H2,1-3H3,(H,18,22);3-4H,1-2H2;3H2,1-2H3;3*1-2H3. The van der Waals surface area contributed by atoms with Crippen LogP contribution in [0.15, 0.2) is 24.7 Å². The number of nitrogens with one attached hydrogen (secondary N) is 1. The molecule has 5 rings (SSSR count). The van der Waals surface area contributed by atoms with E-state index in [1.54, 1.807) is 12.5 Å². The number of aromatic nitrogens is 5. The molecule has 0 aliphatic heterocycles. The highest BCUT2D eigenvalue weighted by molar-refractivity contribution is 7.21. The maximum atomic E-state index is 10.0. The Balaban J connectivity index is 0.000000868. The highest BCUT2D eigenvalue weighted by Gasteiger charge is 2.19. The number of aliphatic hydroxyl groups is 1. The van der Waals surface area contributed by atoms with E-state index >= 15 is 0 Å². The first-order chi connectivity index (χ1) is 19.0. The topological polar surface area (TPSA) is 105 Å². The van der Waals surface area contributed by atoms with Gasteiger partial charge in [0.25, 0.3) is 0 Å².